The fraction of sp³-hybridized carbons (Fsp3) is 0.500. The van der Waals surface area contributed by atoms with Crippen molar-refractivity contribution in [3.8, 4) is 11.5 Å². The lowest BCUT2D eigenvalue weighted by Crippen LogP contribution is -2.50. The third kappa shape index (κ3) is 5.80. The zero-order valence-electron chi connectivity index (χ0n) is 18.4. The Morgan fingerprint density at radius 2 is 1.48 bits per heavy atom. The highest BCUT2D eigenvalue weighted by Crippen LogP contribution is 2.44. The number of rotatable bonds is 10. The molecule has 0 aliphatic carbocycles. The van der Waals surface area contributed by atoms with Crippen molar-refractivity contribution in [3.05, 3.63) is 58.6 Å². The van der Waals surface area contributed by atoms with Crippen LogP contribution in [0.1, 0.15) is 59.6 Å². The summed E-state index contributed by atoms with van der Waals surface area (Å²) in [5, 5.41) is 0. The molecule has 0 spiro atoms. The number of hydrogen-bond acceptors (Lipinski definition) is 2. The first-order chi connectivity index (χ1) is 13.7. The van der Waals surface area contributed by atoms with Crippen molar-refractivity contribution in [1.82, 2.24) is 0 Å². The van der Waals surface area contributed by atoms with E-state index in [9.17, 15) is 0 Å². The van der Waals surface area contributed by atoms with Crippen molar-refractivity contribution < 1.29 is 9.16 Å². The maximum absolute atomic E-state index is 6.84. The predicted molar refractivity (Wildman–Crippen MR) is 131 cm³/mol. The molecule has 0 unspecified atom stereocenters. The summed E-state index contributed by atoms with van der Waals surface area (Å²) in [6.07, 6.45) is 0.647. The van der Waals surface area contributed by atoms with Crippen LogP contribution in [0.4, 0.5) is 0 Å². The normalized spacial score (nSPS) is 13.2. The number of halogens is 2. The van der Waals surface area contributed by atoms with Crippen molar-refractivity contribution in [3.63, 3.8) is 0 Å². The van der Waals surface area contributed by atoms with Crippen LogP contribution in [-0.2, 0) is 0 Å². The molecule has 1 atom stereocenters. The molecular formula is C24H34BrClO2Si. The molecule has 160 valence electrons. The first-order valence-corrected chi connectivity index (χ1v) is 13.9. The minimum atomic E-state index is -2.02. The van der Waals surface area contributed by atoms with E-state index in [1.165, 1.54) is 0 Å². The molecule has 2 aromatic carbocycles. The Kier molecular flexibility index (Phi) is 9.11. The van der Waals surface area contributed by atoms with E-state index in [-0.39, 0.29) is 6.10 Å². The number of hydrogen-bond donors (Lipinski definition) is 0. The third-order valence-corrected chi connectivity index (χ3v) is 12.6. The first kappa shape index (κ1) is 24.3. The van der Waals surface area contributed by atoms with E-state index in [1.807, 2.05) is 36.4 Å². The Bertz CT molecular complexity index is 743. The topological polar surface area (TPSA) is 18.5 Å². The number of benzene rings is 2. The van der Waals surface area contributed by atoms with E-state index in [2.05, 4.69) is 69.6 Å². The van der Waals surface area contributed by atoms with Gasteiger partial charge in [-0.1, -0.05) is 71.9 Å². The van der Waals surface area contributed by atoms with Gasteiger partial charge in [0.15, 0.2) is 0 Å². The highest BCUT2D eigenvalue weighted by molar-refractivity contribution is 9.10. The summed E-state index contributed by atoms with van der Waals surface area (Å²) >= 11 is 9.71. The van der Waals surface area contributed by atoms with Gasteiger partial charge in [0.05, 0.1) is 4.47 Å². The Morgan fingerprint density at radius 1 is 0.897 bits per heavy atom. The SMILES string of the molecule is CC(C)[Si](Oc1ccc(Br)c(O[C@H](CCCl)c2ccccc2)c1)(C(C)C)C(C)C. The Morgan fingerprint density at radius 3 is 2.00 bits per heavy atom. The quantitative estimate of drug-likeness (QED) is 0.241. The smallest absolute Gasteiger partial charge is 0.258 e. The molecule has 0 N–H and O–H groups in total. The summed E-state index contributed by atoms with van der Waals surface area (Å²) in [4.78, 5) is 0. The molecular weight excluding hydrogens is 464 g/mol. The third-order valence-electron chi connectivity index (χ3n) is 5.72. The van der Waals surface area contributed by atoms with Crippen LogP contribution < -0.4 is 9.16 Å². The van der Waals surface area contributed by atoms with Crippen molar-refractivity contribution in [2.75, 3.05) is 5.88 Å². The Labute approximate surface area is 191 Å². The summed E-state index contributed by atoms with van der Waals surface area (Å²) in [6.45, 7) is 13.8. The van der Waals surface area contributed by atoms with Gasteiger partial charge in [-0.15, -0.1) is 11.6 Å². The Hall–Kier alpha value is -0.973. The largest absolute Gasteiger partial charge is 0.543 e. The maximum atomic E-state index is 6.84. The molecule has 0 bridgehead atoms. The van der Waals surface area contributed by atoms with Crippen molar-refractivity contribution in [2.45, 2.75) is 70.7 Å². The van der Waals surface area contributed by atoms with Gasteiger partial charge >= 0.3 is 0 Å². The summed E-state index contributed by atoms with van der Waals surface area (Å²) in [7, 11) is -2.02. The van der Waals surface area contributed by atoms with Crippen LogP contribution in [0.25, 0.3) is 0 Å². The molecule has 0 amide bonds. The van der Waals surface area contributed by atoms with E-state index in [0.717, 1.165) is 28.0 Å². The average molecular weight is 498 g/mol. The van der Waals surface area contributed by atoms with Gasteiger partial charge < -0.3 is 9.16 Å². The zero-order valence-corrected chi connectivity index (χ0v) is 21.8. The van der Waals surface area contributed by atoms with Crippen molar-refractivity contribution in [2.24, 2.45) is 0 Å². The van der Waals surface area contributed by atoms with Crippen LogP contribution in [0.2, 0.25) is 16.6 Å². The molecule has 2 nitrogen and oxygen atoms in total. The number of alkyl halides is 1. The van der Waals surface area contributed by atoms with Gasteiger partial charge in [-0.25, -0.2) is 0 Å². The zero-order chi connectivity index (χ0) is 21.6. The first-order valence-electron chi connectivity index (χ1n) is 10.5. The lowest BCUT2D eigenvalue weighted by atomic mass is 10.1. The molecule has 0 aliphatic rings. The summed E-state index contributed by atoms with van der Waals surface area (Å²) < 4.78 is 14.2. The second kappa shape index (κ2) is 10.9. The lowest BCUT2D eigenvalue weighted by molar-refractivity contribution is 0.200. The van der Waals surface area contributed by atoms with Crippen molar-refractivity contribution in [1.29, 1.82) is 0 Å². The van der Waals surface area contributed by atoms with E-state index in [0.29, 0.717) is 22.5 Å². The standard InChI is InChI=1S/C24H34BrClO2Si/c1-17(2)29(18(3)4,19(5)6)28-21-12-13-22(25)24(16-21)27-23(14-15-26)20-10-8-7-9-11-20/h7-13,16-19,23H,14-15H2,1-6H3/t23-/m1/s1. The highest BCUT2D eigenvalue weighted by atomic mass is 79.9. The molecule has 0 aromatic heterocycles. The molecule has 0 fully saturated rings. The van der Waals surface area contributed by atoms with Crippen LogP contribution in [0.5, 0.6) is 11.5 Å². The van der Waals surface area contributed by atoms with Gasteiger partial charge in [0.1, 0.15) is 17.6 Å². The summed E-state index contributed by atoms with van der Waals surface area (Å²) in [5.41, 5.74) is 2.68. The molecule has 0 saturated heterocycles. The molecule has 29 heavy (non-hydrogen) atoms. The molecule has 0 radical (unpaired) electrons. The fourth-order valence-electron chi connectivity index (χ4n) is 4.41. The molecule has 0 saturated carbocycles. The minimum Gasteiger partial charge on any atom is -0.543 e. The summed E-state index contributed by atoms with van der Waals surface area (Å²) in [5.74, 6) is 2.22. The Balaban J connectivity index is 2.35. The second-order valence-corrected chi connectivity index (χ2v) is 15.1. The van der Waals surface area contributed by atoms with Gasteiger partial charge in [-0.05, 0) is 50.2 Å². The van der Waals surface area contributed by atoms with Gasteiger partial charge in [0.25, 0.3) is 8.32 Å². The van der Waals surface area contributed by atoms with E-state index in [4.69, 9.17) is 20.8 Å². The van der Waals surface area contributed by atoms with E-state index in [1.54, 1.807) is 0 Å². The second-order valence-electron chi connectivity index (χ2n) is 8.51. The van der Waals surface area contributed by atoms with Gasteiger partial charge in [-0.2, -0.15) is 0 Å². The van der Waals surface area contributed by atoms with Crippen LogP contribution in [0.3, 0.4) is 0 Å². The fourth-order valence-corrected chi connectivity index (χ4v) is 10.2. The van der Waals surface area contributed by atoms with E-state index < -0.39 is 8.32 Å². The minimum absolute atomic E-state index is 0.0949. The maximum Gasteiger partial charge on any atom is 0.258 e. The van der Waals surface area contributed by atoms with Crippen LogP contribution >= 0.6 is 27.5 Å². The highest BCUT2D eigenvalue weighted by Gasteiger charge is 2.47. The molecule has 2 aromatic rings. The molecule has 2 rings (SSSR count). The summed E-state index contributed by atoms with van der Waals surface area (Å²) in [6, 6.07) is 16.3. The molecule has 0 aliphatic heterocycles. The van der Waals surface area contributed by atoms with Crippen molar-refractivity contribution >= 4 is 35.8 Å². The average Bonchev–Trinajstić information content (AvgIpc) is 2.67. The van der Waals surface area contributed by atoms with Gasteiger partial charge in [0, 0.05) is 18.4 Å². The van der Waals surface area contributed by atoms with Gasteiger partial charge in [0.2, 0.25) is 0 Å². The van der Waals surface area contributed by atoms with E-state index >= 15 is 0 Å². The van der Waals surface area contributed by atoms with Crippen LogP contribution in [0.15, 0.2) is 53.0 Å². The van der Waals surface area contributed by atoms with Crippen LogP contribution in [-0.4, -0.2) is 14.2 Å². The van der Waals surface area contributed by atoms with Gasteiger partial charge in [-0.3, -0.25) is 0 Å². The molecule has 0 heterocycles. The predicted octanol–water partition coefficient (Wildman–Crippen LogP) is 8.75. The lowest BCUT2D eigenvalue weighted by Gasteiger charge is -2.42. The van der Waals surface area contributed by atoms with Crippen LogP contribution in [0, 0.1) is 0 Å². The number of ether oxygens (including phenoxy) is 1. The molecule has 5 heteroatoms. The monoisotopic (exact) mass is 496 g/mol.